The first kappa shape index (κ1) is 20.4. The molecule has 0 aromatic heterocycles. The van der Waals surface area contributed by atoms with Crippen LogP contribution < -0.4 is 10.6 Å². The van der Waals surface area contributed by atoms with E-state index >= 15 is 0 Å². The number of rotatable bonds is 8. The molecule has 8 nitrogen and oxygen atoms in total. The van der Waals surface area contributed by atoms with Crippen LogP contribution in [0.4, 0.5) is 0 Å². The number of carbonyl (C=O) groups is 2. The lowest BCUT2D eigenvalue weighted by molar-refractivity contribution is -0.120. The summed E-state index contributed by atoms with van der Waals surface area (Å²) in [6.45, 7) is 2.18. The van der Waals surface area contributed by atoms with Gasteiger partial charge in [-0.3, -0.25) is 14.4 Å². The Kier molecular flexibility index (Phi) is 7.61. The Bertz CT molecular complexity index is 708. The zero-order chi connectivity index (χ0) is 18.3. The SMILES string of the molecule is CCCNC(=O)CNC(=O)c1cc(S(=O)(=O)N(C)OC)ccc1Cl. The Morgan fingerprint density at radius 3 is 2.54 bits per heavy atom. The number of nitrogens with zero attached hydrogens (tertiary/aromatic N) is 1. The van der Waals surface area contributed by atoms with E-state index in [4.69, 9.17) is 11.6 Å². The van der Waals surface area contributed by atoms with Gasteiger partial charge in [-0.15, -0.1) is 0 Å². The van der Waals surface area contributed by atoms with Crippen LogP contribution in [0, 0.1) is 0 Å². The van der Waals surface area contributed by atoms with Gasteiger partial charge in [-0.05, 0) is 24.6 Å². The quantitative estimate of drug-likeness (QED) is 0.651. The van der Waals surface area contributed by atoms with Crippen molar-refractivity contribution in [3.05, 3.63) is 28.8 Å². The van der Waals surface area contributed by atoms with Crippen LogP contribution in [0.25, 0.3) is 0 Å². The van der Waals surface area contributed by atoms with Crippen LogP contribution in [-0.4, -0.2) is 51.9 Å². The molecule has 134 valence electrons. The minimum Gasteiger partial charge on any atom is -0.355 e. The maximum Gasteiger partial charge on any atom is 0.264 e. The zero-order valence-corrected chi connectivity index (χ0v) is 15.2. The number of nitrogens with one attached hydrogen (secondary N) is 2. The molecule has 0 aliphatic rings. The fraction of sp³-hybridized carbons (Fsp3) is 0.429. The molecule has 0 spiro atoms. The Labute approximate surface area is 146 Å². The third-order valence-corrected chi connectivity index (χ3v) is 5.06. The Morgan fingerprint density at radius 1 is 1.29 bits per heavy atom. The molecule has 0 aliphatic carbocycles. The van der Waals surface area contributed by atoms with E-state index in [1.807, 2.05) is 6.92 Å². The monoisotopic (exact) mass is 377 g/mol. The second-order valence-electron chi connectivity index (χ2n) is 4.77. The van der Waals surface area contributed by atoms with Crippen LogP contribution in [0.15, 0.2) is 23.1 Å². The standard InChI is InChI=1S/C14H20ClN3O5S/c1-4-7-16-13(19)9-17-14(20)11-8-10(5-6-12(11)15)24(21,22)18(2)23-3/h5-6,8H,4,7,9H2,1-3H3,(H,16,19)(H,17,20). The summed E-state index contributed by atoms with van der Waals surface area (Å²) in [5.41, 5.74) is -0.0504. The van der Waals surface area contributed by atoms with Crippen LogP contribution in [0.2, 0.25) is 5.02 Å². The van der Waals surface area contributed by atoms with Gasteiger partial charge in [-0.25, -0.2) is 8.42 Å². The van der Waals surface area contributed by atoms with Crippen molar-refractivity contribution in [3.8, 4) is 0 Å². The van der Waals surface area contributed by atoms with Gasteiger partial charge in [0.25, 0.3) is 15.9 Å². The van der Waals surface area contributed by atoms with Crippen LogP contribution in [0.3, 0.4) is 0 Å². The highest BCUT2D eigenvalue weighted by Crippen LogP contribution is 2.22. The first-order chi connectivity index (χ1) is 11.2. The van der Waals surface area contributed by atoms with Gasteiger partial charge in [0.15, 0.2) is 0 Å². The van der Waals surface area contributed by atoms with Crippen molar-refractivity contribution in [2.24, 2.45) is 0 Å². The number of benzene rings is 1. The molecule has 0 saturated carbocycles. The number of hydroxylamine groups is 1. The maximum atomic E-state index is 12.2. The number of hydrogen-bond donors (Lipinski definition) is 2. The fourth-order valence-electron chi connectivity index (χ4n) is 1.67. The molecule has 2 amide bonds. The van der Waals surface area contributed by atoms with E-state index in [1.54, 1.807) is 0 Å². The minimum absolute atomic E-state index is 0.0504. The number of amides is 2. The summed E-state index contributed by atoms with van der Waals surface area (Å²) in [5.74, 6) is -0.993. The predicted octanol–water partition coefficient (Wildman–Crippen LogP) is 0.778. The minimum atomic E-state index is -3.91. The van der Waals surface area contributed by atoms with Crippen molar-refractivity contribution in [2.75, 3.05) is 27.2 Å². The van der Waals surface area contributed by atoms with Crippen LogP contribution in [0.5, 0.6) is 0 Å². The average Bonchev–Trinajstić information content (AvgIpc) is 2.56. The molecule has 24 heavy (non-hydrogen) atoms. The molecular weight excluding hydrogens is 358 g/mol. The highest BCUT2D eigenvalue weighted by Gasteiger charge is 2.23. The number of hydrogen-bond acceptors (Lipinski definition) is 5. The predicted molar refractivity (Wildman–Crippen MR) is 89.0 cm³/mol. The molecule has 0 radical (unpaired) electrons. The highest BCUT2D eigenvalue weighted by atomic mass is 35.5. The van der Waals surface area contributed by atoms with E-state index in [1.165, 1.54) is 26.3 Å². The molecule has 1 rings (SSSR count). The van der Waals surface area contributed by atoms with E-state index in [9.17, 15) is 18.0 Å². The zero-order valence-electron chi connectivity index (χ0n) is 13.6. The van der Waals surface area contributed by atoms with E-state index in [0.29, 0.717) is 11.0 Å². The molecule has 0 atom stereocenters. The van der Waals surface area contributed by atoms with E-state index < -0.39 is 15.9 Å². The molecule has 10 heteroatoms. The first-order valence-electron chi connectivity index (χ1n) is 7.11. The van der Waals surface area contributed by atoms with E-state index in [-0.39, 0.29) is 27.9 Å². The summed E-state index contributed by atoms with van der Waals surface area (Å²) in [6, 6.07) is 3.69. The second-order valence-corrected chi connectivity index (χ2v) is 7.11. The lowest BCUT2D eigenvalue weighted by Gasteiger charge is -2.15. The molecule has 2 N–H and O–H groups in total. The normalized spacial score (nSPS) is 11.4. The smallest absolute Gasteiger partial charge is 0.264 e. The summed E-state index contributed by atoms with van der Waals surface area (Å²) in [4.78, 5) is 28.2. The van der Waals surface area contributed by atoms with Crippen molar-refractivity contribution >= 4 is 33.4 Å². The van der Waals surface area contributed by atoms with Gasteiger partial charge in [0, 0.05) is 13.6 Å². The van der Waals surface area contributed by atoms with Crippen molar-refractivity contribution in [1.82, 2.24) is 15.1 Å². The van der Waals surface area contributed by atoms with Crippen molar-refractivity contribution in [3.63, 3.8) is 0 Å². The third kappa shape index (κ3) is 5.17. The lowest BCUT2D eigenvalue weighted by atomic mass is 10.2. The van der Waals surface area contributed by atoms with Crippen molar-refractivity contribution in [2.45, 2.75) is 18.2 Å². The molecule has 0 aliphatic heterocycles. The topological polar surface area (TPSA) is 105 Å². The Hall–Kier alpha value is -1.68. The number of halogens is 1. The van der Waals surface area contributed by atoms with Gasteiger partial charge in [0.2, 0.25) is 5.91 Å². The molecule has 1 aromatic rings. The van der Waals surface area contributed by atoms with Crippen molar-refractivity contribution in [1.29, 1.82) is 0 Å². The summed E-state index contributed by atoms with van der Waals surface area (Å²) in [6.07, 6.45) is 0.776. The fourth-order valence-corrected chi connectivity index (χ4v) is 2.87. The van der Waals surface area contributed by atoms with Crippen molar-refractivity contribution < 1.29 is 22.8 Å². The summed E-state index contributed by atoms with van der Waals surface area (Å²) < 4.78 is 25.1. The van der Waals surface area contributed by atoms with E-state index in [2.05, 4.69) is 15.5 Å². The largest absolute Gasteiger partial charge is 0.355 e. The molecule has 0 fully saturated rings. The first-order valence-corrected chi connectivity index (χ1v) is 8.93. The van der Waals surface area contributed by atoms with Gasteiger partial charge in [0.1, 0.15) is 0 Å². The average molecular weight is 378 g/mol. The van der Waals surface area contributed by atoms with Gasteiger partial charge in [0.05, 0.1) is 29.1 Å². The highest BCUT2D eigenvalue weighted by molar-refractivity contribution is 7.89. The van der Waals surface area contributed by atoms with Gasteiger partial charge in [-0.1, -0.05) is 23.0 Å². The maximum absolute atomic E-state index is 12.2. The summed E-state index contributed by atoms with van der Waals surface area (Å²) in [5, 5.41) is 5.07. The lowest BCUT2D eigenvalue weighted by Crippen LogP contribution is -2.37. The summed E-state index contributed by atoms with van der Waals surface area (Å²) in [7, 11) is -1.48. The van der Waals surface area contributed by atoms with Gasteiger partial charge in [-0.2, -0.15) is 0 Å². The molecule has 0 heterocycles. The Morgan fingerprint density at radius 2 is 1.96 bits per heavy atom. The molecule has 1 aromatic carbocycles. The molecule has 0 bridgehead atoms. The van der Waals surface area contributed by atoms with Crippen LogP contribution in [-0.2, 0) is 19.7 Å². The van der Waals surface area contributed by atoms with Gasteiger partial charge < -0.3 is 10.6 Å². The number of sulfonamides is 1. The Balaban J connectivity index is 2.94. The second kappa shape index (κ2) is 8.97. The number of carbonyl (C=O) groups excluding carboxylic acids is 2. The van der Waals surface area contributed by atoms with E-state index in [0.717, 1.165) is 12.5 Å². The van der Waals surface area contributed by atoms with Gasteiger partial charge >= 0.3 is 0 Å². The molecule has 0 saturated heterocycles. The van der Waals surface area contributed by atoms with Crippen LogP contribution >= 0.6 is 11.6 Å². The molecular formula is C14H20ClN3O5S. The van der Waals surface area contributed by atoms with Crippen LogP contribution in [0.1, 0.15) is 23.7 Å². The third-order valence-electron chi connectivity index (χ3n) is 3.06. The molecule has 0 unspecified atom stereocenters. The summed E-state index contributed by atoms with van der Waals surface area (Å²) >= 11 is 5.95.